The van der Waals surface area contributed by atoms with Crippen LogP contribution < -0.4 is 10.6 Å². The van der Waals surface area contributed by atoms with Crippen LogP contribution in [0.5, 0.6) is 0 Å². The molecule has 0 amide bonds. The molecule has 0 atom stereocenters. The van der Waals surface area contributed by atoms with Crippen LogP contribution in [0.15, 0.2) is 9.52 Å². The maximum Gasteiger partial charge on any atom is 0.191 e. The molecule has 1 saturated carbocycles. The minimum absolute atomic E-state index is 0.221. The maximum atomic E-state index is 5.61. The lowest BCUT2D eigenvalue weighted by molar-refractivity contribution is -0.0352. The number of morpholine rings is 1. The van der Waals surface area contributed by atoms with Crippen LogP contribution >= 0.6 is 0 Å². The summed E-state index contributed by atoms with van der Waals surface area (Å²) in [4.78, 5) is 7.55. The molecule has 29 heavy (non-hydrogen) atoms. The van der Waals surface area contributed by atoms with Crippen molar-refractivity contribution in [2.24, 2.45) is 4.99 Å². The van der Waals surface area contributed by atoms with Gasteiger partial charge in [0.15, 0.2) is 5.96 Å². The second kappa shape index (κ2) is 11.0. The Balaban J connectivity index is 1.70. The maximum absolute atomic E-state index is 5.61. The molecule has 0 bridgehead atoms. The quantitative estimate of drug-likeness (QED) is 0.512. The zero-order valence-electron chi connectivity index (χ0n) is 18.6. The van der Waals surface area contributed by atoms with Gasteiger partial charge in [-0.1, -0.05) is 38.3 Å². The summed E-state index contributed by atoms with van der Waals surface area (Å²) in [6, 6.07) is 0. The van der Waals surface area contributed by atoms with Crippen LogP contribution in [-0.4, -0.2) is 60.9 Å². The number of nitrogens with one attached hydrogen (secondary N) is 2. The topological polar surface area (TPSA) is 74.9 Å². The summed E-state index contributed by atoms with van der Waals surface area (Å²) in [5.41, 5.74) is 2.39. The SMILES string of the molecule is CCNC(=NCc1c(CC)noc1CC)NCC1(N2CCOCC2)CCCCC1. The van der Waals surface area contributed by atoms with Gasteiger partial charge in [-0.2, -0.15) is 0 Å². The second-order valence-electron chi connectivity index (χ2n) is 8.17. The molecule has 1 aliphatic carbocycles. The molecule has 164 valence electrons. The Morgan fingerprint density at radius 3 is 2.48 bits per heavy atom. The fourth-order valence-corrected chi connectivity index (χ4v) is 4.72. The van der Waals surface area contributed by atoms with Crippen LogP contribution in [0.4, 0.5) is 0 Å². The van der Waals surface area contributed by atoms with Crippen molar-refractivity contribution < 1.29 is 9.26 Å². The van der Waals surface area contributed by atoms with E-state index in [1.165, 1.54) is 32.1 Å². The number of ether oxygens (including phenoxy) is 1. The largest absolute Gasteiger partial charge is 0.379 e. The first-order valence-corrected chi connectivity index (χ1v) is 11.5. The van der Waals surface area contributed by atoms with Gasteiger partial charge in [-0.15, -0.1) is 0 Å². The van der Waals surface area contributed by atoms with Crippen molar-refractivity contribution in [3.05, 3.63) is 17.0 Å². The Labute approximate surface area is 175 Å². The molecule has 1 aromatic heterocycles. The van der Waals surface area contributed by atoms with Crippen molar-refractivity contribution in [2.75, 3.05) is 39.4 Å². The Morgan fingerprint density at radius 1 is 1.07 bits per heavy atom. The molecule has 0 spiro atoms. The van der Waals surface area contributed by atoms with Crippen molar-refractivity contribution in [1.29, 1.82) is 0 Å². The zero-order valence-corrected chi connectivity index (χ0v) is 18.6. The second-order valence-corrected chi connectivity index (χ2v) is 8.17. The summed E-state index contributed by atoms with van der Waals surface area (Å²) in [7, 11) is 0. The van der Waals surface area contributed by atoms with E-state index in [-0.39, 0.29) is 5.54 Å². The highest BCUT2D eigenvalue weighted by molar-refractivity contribution is 5.79. The fraction of sp³-hybridized carbons (Fsp3) is 0.818. The third-order valence-electron chi connectivity index (χ3n) is 6.40. The molecule has 0 aromatic carbocycles. The van der Waals surface area contributed by atoms with E-state index in [1.54, 1.807) is 0 Å². The smallest absolute Gasteiger partial charge is 0.191 e. The first-order chi connectivity index (χ1) is 14.2. The van der Waals surface area contributed by atoms with Gasteiger partial charge in [-0.05, 0) is 26.2 Å². The van der Waals surface area contributed by atoms with Gasteiger partial charge < -0.3 is 19.9 Å². The lowest BCUT2D eigenvalue weighted by Crippen LogP contribution is -2.60. The standard InChI is InChI=1S/C22H39N5O2/c1-4-19-18(20(5-2)29-26-19)16-24-21(23-6-3)25-17-22(10-8-7-9-11-22)27-12-14-28-15-13-27/h4-17H2,1-3H3,(H2,23,24,25). The average Bonchev–Trinajstić information content (AvgIpc) is 3.19. The summed E-state index contributed by atoms with van der Waals surface area (Å²) in [5, 5.41) is 11.3. The first-order valence-electron chi connectivity index (χ1n) is 11.5. The molecule has 1 aromatic rings. The van der Waals surface area contributed by atoms with Gasteiger partial charge in [0.05, 0.1) is 25.5 Å². The highest BCUT2D eigenvalue weighted by Crippen LogP contribution is 2.33. The summed E-state index contributed by atoms with van der Waals surface area (Å²) >= 11 is 0. The molecule has 7 nitrogen and oxygen atoms in total. The monoisotopic (exact) mass is 405 g/mol. The predicted octanol–water partition coefficient (Wildman–Crippen LogP) is 2.89. The van der Waals surface area contributed by atoms with Crippen molar-refractivity contribution in [1.82, 2.24) is 20.7 Å². The molecule has 1 aliphatic heterocycles. The van der Waals surface area contributed by atoms with Gasteiger partial charge in [0.25, 0.3) is 0 Å². The molecular weight excluding hydrogens is 366 g/mol. The minimum atomic E-state index is 0.221. The van der Waals surface area contributed by atoms with Crippen LogP contribution in [0.25, 0.3) is 0 Å². The average molecular weight is 406 g/mol. The van der Waals surface area contributed by atoms with Crippen molar-refractivity contribution in [3.63, 3.8) is 0 Å². The number of hydrogen-bond donors (Lipinski definition) is 2. The first kappa shape index (κ1) is 22.1. The van der Waals surface area contributed by atoms with Crippen molar-refractivity contribution in [3.8, 4) is 0 Å². The number of hydrogen-bond acceptors (Lipinski definition) is 5. The van der Waals surface area contributed by atoms with E-state index in [1.807, 2.05) is 0 Å². The van der Waals surface area contributed by atoms with Crippen molar-refractivity contribution >= 4 is 5.96 Å². The molecule has 1 saturated heterocycles. The summed E-state index contributed by atoms with van der Waals surface area (Å²) in [5.74, 6) is 1.84. The molecule has 7 heteroatoms. The normalized spacial score (nSPS) is 20.6. The van der Waals surface area contributed by atoms with Gasteiger partial charge in [0.2, 0.25) is 0 Å². The van der Waals surface area contributed by atoms with Crippen LogP contribution in [-0.2, 0) is 24.1 Å². The molecule has 3 rings (SSSR count). The number of aromatic nitrogens is 1. The number of guanidine groups is 1. The van der Waals surface area contributed by atoms with E-state index in [2.05, 4.69) is 41.5 Å². The Morgan fingerprint density at radius 2 is 1.83 bits per heavy atom. The van der Waals surface area contributed by atoms with Crippen LogP contribution in [0.2, 0.25) is 0 Å². The Bertz CT molecular complexity index is 624. The van der Waals surface area contributed by atoms with Gasteiger partial charge in [0, 0.05) is 43.7 Å². The van der Waals surface area contributed by atoms with E-state index < -0.39 is 0 Å². The lowest BCUT2D eigenvalue weighted by Gasteiger charge is -2.48. The molecule has 2 heterocycles. The molecule has 2 aliphatic rings. The third-order valence-corrected chi connectivity index (χ3v) is 6.40. The number of rotatable bonds is 8. The zero-order chi connectivity index (χ0) is 20.5. The molecular formula is C22H39N5O2. The van der Waals surface area contributed by atoms with Gasteiger partial charge in [0.1, 0.15) is 5.76 Å². The highest BCUT2D eigenvalue weighted by Gasteiger charge is 2.38. The van der Waals surface area contributed by atoms with E-state index >= 15 is 0 Å². The number of aliphatic imine (C=N–C) groups is 1. The van der Waals surface area contributed by atoms with Gasteiger partial charge in [-0.25, -0.2) is 4.99 Å². The lowest BCUT2D eigenvalue weighted by atomic mass is 9.80. The minimum Gasteiger partial charge on any atom is -0.379 e. The summed E-state index contributed by atoms with van der Waals surface area (Å²) < 4.78 is 11.1. The molecule has 0 unspecified atom stereocenters. The fourth-order valence-electron chi connectivity index (χ4n) is 4.72. The summed E-state index contributed by atoms with van der Waals surface area (Å²) in [6.07, 6.45) is 8.21. The van der Waals surface area contributed by atoms with Gasteiger partial charge >= 0.3 is 0 Å². The number of aryl methyl sites for hydroxylation is 2. The molecule has 0 radical (unpaired) electrons. The van der Waals surface area contributed by atoms with E-state index in [9.17, 15) is 0 Å². The number of nitrogens with zero attached hydrogens (tertiary/aromatic N) is 3. The van der Waals surface area contributed by atoms with E-state index in [4.69, 9.17) is 14.3 Å². The molecule has 2 N–H and O–H groups in total. The van der Waals surface area contributed by atoms with Gasteiger partial charge in [-0.3, -0.25) is 4.90 Å². The predicted molar refractivity (Wildman–Crippen MR) is 116 cm³/mol. The van der Waals surface area contributed by atoms with Crippen molar-refractivity contribution in [2.45, 2.75) is 77.8 Å². The Kier molecular flexibility index (Phi) is 8.36. The molecule has 2 fully saturated rings. The van der Waals surface area contributed by atoms with Crippen LogP contribution in [0, 0.1) is 0 Å². The Hall–Kier alpha value is -1.60. The highest BCUT2D eigenvalue weighted by atomic mass is 16.5. The van der Waals surface area contributed by atoms with Crippen LogP contribution in [0.1, 0.15) is 69.9 Å². The summed E-state index contributed by atoms with van der Waals surface area (Å²) in [6.45, 7) is 12.5. The van der Waals surface area contributed by atoms with E-state index in [0.29, 0.717) is 6.54 Å². The van der Waals surface area contributed by atoms with Crippen LogP contribution in [0.3, 0.4) is 0 Å². The van der Waals surface area contributed by atoms with E-state index in [0.717, 1.165) is 75.2 Å². The third kappa shape index (κ3) is 5.51.